The molecule has 4 nitrogen and oxygen atoms in total. The Kier molecular flexibility index (Phi) is 4.10. The van der Waals surface area contributed by atoms with E-state index in [9.17, 15) is 5.11 Å². The maximum Gasteiger partial charge on any atom is 0.128 e. The highest BCUT2D eigenvalue weighted by atomic mass is 32.1. The standard InChI is InChI=1S/C14H12N2O2S/c17-12-7-6-11(13(18)8-12)9-15-16-14(19)10-4-2-1-3-5-10/h1-9,17-18H,(H,16,19). The van der Waals surface area contributed by atoms with Crippen LogP contribution in [0.3, 0.4) is 0 Å². The Morgan fingerprint density at radius 2 is 1.84 bits per heavy atom. The van der Waals surface area contributed by atoms with Gasteiger partial charge >= 0.3 is 0 Å². The highest BCUT2D eigenvalue weighted by molar-refractivity contribution is 7.80. The van der Waals surface area contributed by atoms with E-state index in [1.165, 1.54) is 18.3 Å². The average Bonchev–Trinajstić information content (AvgIpc) is 2.42. The van der Waals surface area contributed by atoms with Crippen LogP contribution in [0.1, 0.15) is 11.1 Å². The predicted molar refractivity (Wildman–Crippen MR) is 78.6 cm³/mol. The van der Waals surface area contributed by atoms with Gasteiger partial charge in [-0.25, -0.2) is 0 Å². The van der Waals surface area contributed by atoms with Gasteiger partial charge in [-0.1, -0.05) is 42.5 Å². The third-order valence-corrected chi connectivity index (χ3v) is 2.75. The molecule has 0 amide bonds. The minimum atomic E-state index is -0.0452. The van der Waals surface area contributed by atoms with Crippen LogP contribution in [-0.4, -0.2) is 21.4 Å². The number of benzene rings is 2. The summed E-state index contributed by atoms with van der Waals surface area (Å²) in [4.78, 5) is 0.495. The summed E-state index contributed by atoms with van der Waals surface area (Å²) >= 11 is 5.16. The van der Waals surface area contributed by atoms with Crippen LogP contribution in [0.25, 0.3) is 0 Å². The van der Waals surface area contributed by atoms with E-state index in [2.05, 4.69) is 10.5 Å². The van der Waals surface area contributed by atoms with Gasteiger partial charge in [-0.05, 0) is 12.1 Å². The van der Waals surface area contributed by atoms with E-state index in [4.69, 9.17) is 17.3 Å². The highest BCUT2D eigenvalue weighted by Crippen LogP contribution is 2.20. The molecule has 2 aromatic rings. The lowest BCUT2D eigenvalue weighted by Crippen LogP contribution is -2.16. The Bertz CT molecular complexity index is 612. The molecule has 0 aliphatic carbocycles. The lowest BCUT2D eigenvalue weighted by Gasteiger charge is -2.03. The van der Waals surface area contributed by atoms with Gasteiger partial charge in [-0.2, -0.15) is 5.10 Å². The molecule has 0 spiro atoms. The first-order chi connectivity index (χ1) is 9.16. The zero-order valence-corrected chi connectivity index (χ0v) is 10.8. The maximum atomic E-state index is 9.56. The van der Waals surface area contributed by atoms with E-state index in [0.717, 1.165) is 5.56 Å². The lowest BCUT2D eigenvalue weighted by atomic mass is 10.2. The van der Waals surface area contributed by atoms with Gasteiger partial charge in [0.2, 0.25) is 0 Å². The molecular formula is C14H12N2O2S. The summed E-state index contributed by atoms with van der Waals surface area (Å²) in [7, 11) is 0. The van der Waals surface area contributed by atoms with E-state index in [-0.39, 0.29) is 11.5 Å². The quantitative estimate of drug-likeness (QED) is 0.456. The SMILES string of the molecule is Oc1ccc(C=NNC(=S)c2ccccc2)c(O)c1. The van der Waals surface area contributed by atoms with E-state index in [1.807, 2.05) is 30.3 Å². The molecule has 2 rings (SSSR count). The van der Waals surface area contributed by atoms with Gasteiger partial charge in [0.15, 0.2) is 0 Å². The Hall–Kier alpha value is -2.40. The summed E-state index contributed by atoms with van der Waals surface area (Å²) in [5, 5.41) is 22.7. The van der Waals surface area contributed by atoms with Crippen molar-refractivity contribution in [2.75, 3.05) is 0 Å². The first-order valence-corrected chi connectivity index (χ1v) is 5.98. The number of hydrazone groups is 1. The Morgan fingerprint density at radius 3 is 2.53 bits per heavy atom. The minimum Gasteiger partial charge on any atom is -0.508 e. The fourth-order valence-electron chi connectivity index (χ4n) is 1.46. The molecule has 5 heteroatoms. The second kappa shape index (κ2) is 5.97. The highest BCUT2D eigenvalue weighted by Gasteiger charge is 2.00. The van der Waals surface area contributed by atoms with E-state index < -0.39 is 0 Å². The topological polar surface area (TPSA) is 64.9 Å². The molecule has 0 bridgehead atoms. The van der Waals surface area contributed by atoms with Gasteiger partial charge in [0, 0.05) is 17.2 Å². The minimum absolute atomic E-state index is 0.00224. The van der Waals surface area contributed by atoms with Crippen LogP contribution in [-0.2, 0) is 0 Å². The Morgan fingerprint density at radius 1 is 1.11 bits per heavy atom. The summed E-state index contributed by atoms with van der Waals surface area (Å²) in [5.74, 6) is -0.0430. The average molecular weight is 272 g/mol. The van der Waals surface area contributed by atoms with Gasteiger partial charge in [0.25, 0.3) is 0 Å². The van der Waals surface area contributed by atoms with Crippen LogP contribution in [0.5, 0.6) is 11.5 Å². The van der Waals surface area contributed by atoms with Crippen molar-refractivity contribution in [1.29, 1.82) is 0 Å². The zero-order chi connectivity index (χ0) is 13.7. The van der Waals surface area contributed by atoms with E-state index >= 15 is 0 Å². The monoisotopic (exact) mass is 272 g/mol. The van der Waals surface area contributed by atoms with Crippen molar-refractivity contribution in [2.24, 2.45) is 5.10 Å². The largest absolute Gasteiger partial charge is 0.508 e. The van der Waals surface area contributed by atoms with E-state index in [1.54, 1.807) is 6.07 Å². The first kappa shape index (κ1) is 13.0. The molecular weight excluding hydrogens is 260 g/mol. The third-order valence-electron chi connectivity index (χ3n) is 2.42. The lowest BCUT2D eigenvalue weighted by molar-refractivity contribution is 0.450. The number of nitrogens with zero attached hydrogens (tertiary/aromatic N) is 1. The molecule has 0 saturated carbocycles. The summed E-state index contributed by atoms with van der Waals surface area (Å²) in [6, 6.07) is 13.7. The molecule has 0 aromatic heterocycles. The Labute approximate surface area is 116 Å². The van der Waals surface area contributed by atoms with Crippen LogP contribution in [0, 0.1) is 0 Å². The Balaban J connectivity index is 2.02. The summed E-state index contributed by atoms with van der Waals surface area (Å²) in [5.41, 5.74) is 4.07. The normalized spacial score (nSPS) is 10.5. The van der Waals surface area contributed by atoms with Crippen LogP contribution >= 0.6 is 12.2 Å². The molecule has 0 radical (unpaired) electrons. The van der Waals surface area contributed by atoms with E-state index in [0.29, 0.717) is 10.6 Å². The number of aromatic hydroxyl groups is 2. The number of hydrogen-bond acceptors (Lipinski definition) is 4. The molecule has 0 aliphatic heterocycles. The van der Waals surface area contributed by atoms with Crippen molar-refractivity contribution in [3.63, 3.8) is 0 Å². The first-order valence-electron chi connectivity index (χ1n) is 5.57. The fraction of sp³-hybridized carbons (Fsp3) is 0. The second-order valence-electron chi connectivity index (χ2n) is 3.81. The van der Waals surface area contributed by atoms with Crippen molar-refractivity contribution >= 4 is 23.4 Å². The third kappa shape index (κ3) is 3.53. The van der Waals surface area contributed by atoms with Crippen LogP contribution in [0.2, 0.25) is 0 Å². The number of rotatable bonds is 3. The van der Waals surface area contributed by atoms with Crippen LogP contribution in [0.4, 0.5) is 0 Å². The molecule has 0 fully saturated rings. The van der Waals surface area contributed by atoms with Gasteiger partial charge in [0.1, 0.15) is 16.5 Å². The molecule has 96 valence electrons. The maximum absolute atomic E-state index is 9.56. The molecule has 0 saturated heterocycles. The summed E-state index contributed by atoms with van der Waals surface area (Å²) < 4.78 is 0. The number of hydrogen-bond donors (Lipinski definition) is 3. The van der Waals surface area contributed by atoms with Crippen molar-refractivity contribution in [2.45, 2.75) is 0 Å². The number of phenolic OH excluding ortho intramolecular Hbond substituents is 2. The fourth-order valence-corrected chi connectivity index (χ4v) is 1.64. The van der Waals surface area contributed by atoms with Crippen molar-refractivity contribution in [1.82, 2.24) is 5.43 Å². The van der Waals surface area contributed by atoms with Crippen LogP contribution in [0.15, 0.2) is 53.6 Å². The molecule has 0 heterocycles. The van der Waals surface area contributed by atoms with Crippen molar-refractivity contribution in [3.05, 3.63) is 59.7 Å². The van der Waals surface area contributed by atoms with Gasteiger partial charge < -0.3 is 10.2 Å². The summed E-state index contributed by atoms with van der Waals surface area (Å²) in [6.45, 7) is 0. The molecule has 2 aromatic carbocycles. The molecule has 0 aliphatic rings. The number of thiocarbonyl (C=S) groups is 1. The van der Waals surface area contributed by atoms with Crippen molar-refractivity contribution < 1.29 is 10.2 Å². The zero-order valence-electron chi connectivity index (χ0n) is 9.95. The van der Waals surface area contributed by atoms with Crippen LogP contribution < -0.4 is 5.43 Å². The molecule has 3 N–H and O–H groups in total. The smallest absolute Gasteiger partial charge is 0.128 e. The molecule has 0 atom stereocenters. The molecule has 19 heavy (non-hydrogen) atoms. The predicted octanol–water partition coefficient (Wildman–Crippen LogP) is 2.40. The van der Waals surface area contributed by atoms with Gasteiger partial charge in [0.05, 0.1) is 6.21 Å². The summed E-state index contributed by atoms with van der Waals surface area (Å²) in [6.07, 6.45) is 1.43. The van der Waals surface area contributed by atoms with Gasteiger partial charge in [-0.15, -0.1) is 0 Å². The molecule has 0 unspecified atom stereocenters. The number of phenols is 2. The van der Waals surface area contributed by atoms with Crippen molar-refractivity contribution in [3.8, 4) is 11.5 Å². The second-order valence-corrected chi connectivity index (χ2v) is 4.22. The van der Waals surface area contributed by atoms with Gasteiger partial charge in [-0.3, -0.25) is 5.43 Å². The number of nitrogens with one attached hydrogen (secondary N) is 1.